The fourth-order valence-electron chi connectivity index (χ4n) is 2.69. The number of likely N-dealkylation sites (tertiary alicyclic amines) is 1. The highest BCUT2D eigenvalue weighted by Gasteiger charge is 2.19. The molecule has 1 aliphatic heterocycles. The first-order valence-corrected chi connectivity index (χ1v) is 8.32. The molecule has 0 aliphatic carbocycles. The number of carbonyl (C=O) groups excluding carboxylic acids is 1. The molecule has 0 bridgehead atoms. The molecule has 2 rings (SSSR count). The second-order valence-electron chi connectivity index (χ2n) is 5.46. The summed E-state index contributed by atoms with van der Waals surface area (Å²) in [5.41, 5.74) is 1.18. The molecule has 4 nitrogen and oxygen atoms in total. The summed E-state index contributed by atoms with van der Waals surface area (Å²) in [5.74, 6) is 0.883. The Morgan fingerprint density at radius 3 is 3.05 bits per heavy atom. The third-order valence-electron chi connectivity index (χ3n) is 3.96. The highest BCUT2D eigenvalue weighted by Crippen LogP contribution is 2.26. The van der Waals surface area contributed by atoms with E-state index in [1.807, 2.05) is 12.1 Å². The van der Waals surface area contributed by atoms with Crippen LogP contribution in [0.1, 0.15) is 25.3 Å². The maximum absolute atomic E-state index is 10.2. The van der Waals surface area contributed by atoms with Gasteiger partial charge in [0.05, 0.1) is 4.47 Å². The maximum atomic E-state index is 10.2. The number of ether oxygens (including phenoxy) is 1. The van der Waals surface area contributed by atoms with Crippen LogP contribution in [0.4, 0.5) is 0 Å². The van der Waals surface area contributed by atoms with E-state index in [1.165, 1.54) is 24.9 Å². The van der Waals surface area contributed by atoms with Crippen LogP contribution in [0.15, 0.2) is 22.7 Å². The highest BCUT2D eigenvalue weighted by atomic mass is 79.9. The minimum Gasteiger partial charge on any atom is -0.491 e. The van der Waals surface area contributed by atoms with Gasteiger partial charge in [0.15, 0.2) is 0 Å². The van der Waals surface area contributed by atoms with E-state index in [-0.39, 0.29) is 0 Å². The van der Waals surface area contributed by atoms with Crippen LogP contribution in [-0.2, 0) is 11.2 Å². The van der Waals surface area contributed by atoms with Gasteiger partial charge in [0.25, 0.3) is 0 Å². The predicted octanol–water partition coefficient (Wildman–Crippen LogP) is 2.60. The molecule has 1 heterocycles. The number of rotatable bonds is 8. The molecule has 1 saturated heterocycles. The van der Waals surface area contributed by atoms with Crippen molar-refractivity contribution >= 4 is 22.3 Å². The van der Waals surface area contributed by atoms with Crippen LogP contribution in [-0.4, -0.2) is 43.6 Å². The van der Waals surface area contributed by atoms with Gasteiger partial charge in [-0.1, -0.05) is 6.07 Å². The zero-order valence-electron chi connectivity index (χ0n) is 12.5. The van der Waals surface area contributed by atoms with Crippen molar-refractivity contribution in [1.82, 2.24) is 10.2 Å². The molecule has 1 aromatic carbocycles. The summed E-state index contributed by atoms with van der Waals surface area (Å²) in [7, 11) is 0. The number of nitrogens with zero attached hydrogens (tertiary/aromatic N) is 1. The van der Waals surface area contributed by atoms with Crippen LogP contribution in [0.3, 0.4) is 0 Å². The largest absolute Gasteiger partial charge is 0.491 e. The average Bonchev–Trinajstić information content (AvgIpc) is 2.87. The molecule has 116 valence electrons. The second-order valence-corrected chi connectivity index (χ2v) is 6.32. The smallest absolute Gasteiger partial charge is 0.207 e. The van der Waals surface area contributed by atoms with E-state index >= 15 is 0 Å². The topological polar surface area (TPSA) is 41.6 Å². The second kappa shape index (κ2) is 8.39. The molecule has 1 aromatic rings. The van der Waals surface area contributed by atoms with Gasteiger partial charge >= 0.3 is 0 Å². The Hall–Kier alpha value is -1.07. The number of amides is 1. The molecule has 0 aromatic heterocycles. The fraction of sp³-hybridized carbons (Fsp3) is 0.562. The lowest BCUT2D eigenvalue weighted by Gasteiger charge is -2.21. The van der Waals surface area contributed by atoms with Gasteiger partial charge in [-0.25, -0.2) is 0 Å². The number of halogens is 1. The van der Waals surface area contributed by atoms with Crippen molar-refractivity contribution in [2.24, 2.45) is 0 Å². The third-order valence-corrected chi connectivity index (χ3v) is 4.58. The summed E-state index contributed by atoms with van der Waals surface area (Å²) in [6.45, 7) is 5.83. The van der Waals surface area contributed by atoms with Gasteiger partial charge in [-0.05, 0) is 66.4 Å². The molecule has 1 N–H and O–H groups in total. The van der Waals surface area contributed by atoms with Gasteiger partial charge in [-0.3, -0.25) is 9.69 Å². The lowest BCUT2D eigenvalue weighted by Crippen LogP contribution is -2.31. The van der Waals surface area contributed by atoms with Gasteiger partial charge in [-0.2, -0.15) is 0 Å². The fourth-order valence-corrected chi connectivity index (χ4v) is 3.23. The van der Waals surface area contributed by atoms with Gasteiger partial charge < -0.3 is 10.1 Å². The van der Waals surface area contributed by atoms with Crippen LogP contribution >= 0.6 is 15.9 Å². The Balaban J connectivity index is 1.79. The summed E-state index contributed by atoms with van der Waals surface area (Å²) < 4.78 is 6.84. The quantitative estimate of drug-likeness (QED) is 0.576. The van der Waals surface area contributed by atoms with Crippen molar-refractivity contribution in [2.75, 3.05) is 26.2 Å². The lowest BCUT2D eigenvalue weighted by atomic mass is 10.1. The number of hydrogen-bond donors (Lipinski definition) is 1. The zero-order chi connectivity index (χ0) is 15.1. The Morgan fingerprint density at radius 1 is 1.52 bits per heavy atom. The summed E-state index contributed by atoms with van der Waals surface area (Å²) in [6, 6.07) is 6.78. The van der Waals surface area contributed by atoms with Gasteiger partial charge in [0.1, 0.15) is 12.4 Å². The van der Waals surface area contributed by atoms with E-state index in [0.29, 0.717) is 12.6 Å². The van der Waals surface area contributed by atoms with Crippen LogP contribution in [0.5, 0.6) is 5.75 Å². The molecular weight excluding hydrogens is 332 g/mol. The van der Waals surface area contributed by atoms with Gasteiger partial charge in [0, 0.05) is 19.1 Å². The van der Waals surface area contributed by atoms with Crippen molar-refractivity contribution in [1.29, 1.82) is 0 Å². The maximum Gasteiger partial charge on any atom is 0.207 e. The average molecular weight is 355 g/mol. The number of nitrogens with one attached hydrogen (secondary N) is 1. The van der Waals surface area contributed by atoms with Crippen LogP contribution in [0, 0.1) is 0 Å². The van der Waals surface area contributed by atoms with Crippen molar-refractivity contribution in [2.45, 2.75) is 32.2 Å². The first kappa shape index (κ1) is 16.3. The third kappa shape index (κ3) is 5.00. The summed E-state index contributed by atoms with van der Waals surface area (Å²) in [6.07, 6.45) is 4.15. The monoisotopic (exact) mass is 354 g/mol. The van der Waals surface area contributed by atoms with E-state index in [1.54, 1.807) is 0 Å². The van der Waals surface area contributed by atoms with E-state index in [9.17, 15) is 4.79 Å². The molecule has 0 spiro atoms. The molecular formula is C16H23BrN2O2. The standard InChI is InChI=1S/C16H23BrN2O2/c1-13-3-2-8-19(13)9-10-21-16-5-4-14(11-15(16)17)6-7-18-12-20/h4-5,11-13H,2-3,6-10H2,1H3,(H,18,20). The Kier molecular flexibility index (Phi) is 6.51. The first-order valence-electron chi connectivity index (χ1n) is 7.53. The van der Waals surface area contributed by atoms with Crippen molar-refractivity contribution < 1.29 is 9.53 Å². The van der Waals surface area contributed by atoms with E-state index in [4.69, 9.17) is 4.74 Å². The van der Waals surface area contributed by atoms with Crippen molar-refractivity contribution in [3.05, 3.63) is 28.2 Å². The van der Waals surface area contributed by atoms with Crippen molar-refractivity contribution in [3.63, 3.8) is 0 Å². The van der Waals surface area contributed by atoms with E-state index < -0.39 is 0 Å². The molecule has 5 heteroatoms. The lowest BCUT2D eigenvalue weighted by molar-refractivity contribution is -0.109. The van der Waals surface area contributed by atoms with Gasteiger partial charge in [0.2, 0.25) is 6.41 Å². The molecule has 21 heavy (non-hydrogen) atoms. The first-order chi connectivity index (χ1) is 10.2. The minimum absolute atomic E-state index is 0.656. The SMILES string of the molecule is CC1CCCN1CCOc1ccc(CCNC=O)cc1Br. The van der Waals surface area contributed by atoms with Crippen LogP contribution in [0.2, 0.25) is 0 Å². The zero-order valence-corrected chi connectivity index (χ0v) is 14.1. The van der Waals surface area contributed by atoms with Gasteiger partial charge in [-0.15, -0.1) is 0 Å². The molecule has 1 aliphatic rings. The van der Waals surface area contributed by atoms with Crippen LogP contribution in [0.25, 0.3) is 0 Å². The normalized spacial score (nSPS) is 18.7. The predicted molar refractivity (Wildman–Crippen MR) is 87.7 cm³/mol. The number of hydrogen-bond acceptors (Lipinski definition) is 3. The molecule has 1 atom stereocenters. The van der Waals surface area contributed by atoms with Crippen molar-refractivity contribution in [3.8, 4) is 5.75 Å². The Morgan fingerprint density at radius 2 is 2.38 bits per heavy atom. The Labute approximate surface area is 135 Å². The highest BCUT2D eigenvalue weighted by molar-refractivity contribution is 9.10. The van der Waals surface area contributed by atoms with E-state index in [0.717, 1.165) is 36.2 Å². The number of benzene rings is 1. The molecule has 0 radical (unpaired) electrons. The molecule has 0 saturated carbocycles. The molecule has 1 fully saturated rings. The summed E-state index contributed by atoms with van der Waals surface area (Å²) in [4.78, 5) is 12.7. The Bertz CT molecular complexity index is 468. The van der Waals surface area contributed by atoms with E-state index in [2.05, 4.69) is 39.1 Å². The minimum atomic E-state index is 0.656. The molecule has 1 amide bonds. The molecule has 1 unspecified atom stereocenters. The number of carbonyl (C=O) groups is 1. The summed E-state index contributed by atoms with van der Waals surface area (Å²) in [5, 5.41) is 2.67. The summed E-state index contributed by atoms with van der Waals surface area (Å²) >= 11 is 3.55. The van der Waals surface area contributed by atoms with Crippen LogP contribution < -0.4 is 10.1 Å².